The number of alkyl halides is 3. The van der Waals surface area contributed by atoms with Gasteiger partial charge in [0.2, 0.25) is 5.82 Å². The molecule has 1 aliphatic rings. The summed E-state index contributed by atoms with van der Waals surface area (Å²) in [5, 5.41) is 3.33. The molecule has 158 valence electrons. The number of likely N-dealkylation sites (tertiary alicyclic amines) is 1. The number of halogens is 4. The molecule has 2 aromatic carbocycles. The monoisotopic (exact) mass is 436 g/mol. The van der Waals surface area contributed by atoms with Crippen molar-refractivity contribution in [1.82, 2.24) is 14.5 Å². The highest BCUT2D eigenvalue weighted by Crippen LogP contribution is 2.33. The summed E-state index contributed by atoms with van der Waals surface area (Å²) in [5.41, 5.74) is 1.42. The lowest BCUT2D eigenvalue weighted by atomic mass is 9.96. The number of hydrogen-bond donors (Lipinski definition) is 1. The van der Waals surface area contributed by atoms with E-state index in [1.54, 1.807) is 53.4 Å². The molecule has 0 bridgehead atoms. The Bertz CT molecular complexity index is 1060. The van der Waals surface area contributed by atoms with Gasteiger partial charge in [-0.3, -0.25) is 0 Å². The zero-order chi connectivity index (χ0) is 21.3. The largest absolute Gasteiger partial charge is 0.449 e. The molecule has 5 nitrogen and oxygen atoms in total. The minimum Gasteiger partial charge on any atom is -0.325 e. The summed E-state index contributed by atoms with van der Waals surface area (Å²) >= 11 is 5.93. The van der Waals surface area contributed by atoms with Gasteiger partial charge in [0.15, 0.2) is 0 Å². The Morgan fingerprint density at radius 1 is 1.13 bits per heavy atom. The average molecular weight is 437 g/mol. The number of imidazole rings is 1. The number of para-hydroxylation sites is 2. The fourth-order valence-corrected chi connectivity index (χ4v) is 4.01. The molecule has 1 N–H and O–H groups in total. The third kappa shape index (κ3) is 4.38. The standard InChI is InChI=1S/C21H20ClF3N4O/c22-15-4-3-5-16(12-15)26-20(30)28-10-8-14(9-11-28)13-29-18-7-2-1-6-17(18)27-19(29)21(23,24)25/h1-7,12,14H,8-11,13H2,(H,26,30). The third-order valence-electron chi connectivity index (χ3n) is 5.33. The molecule has 9 heteroatoms. The maximum absolute atomic E-state index is 13.5. The van der Waals surface area contributed by atoms with Crippen molar-refractivity contribution in [2.45, 2.75) is 25.6 Å². The van der Waals surface area contributed by atoms with Gasteiger partial charge in [0.25, 0.3) is 0 Å². The molecule has 2 heterocycles. The highest BCUT2D eigenvalue weighted by atomic mass is 35.5. The highest BCUT2D eigenvalue weighted by molar-refractivity contribution is 6.30. The fraction of sp³-hybridized carbons (Fsp3) is 0.333. The van der Waals surface area contributed by atoms with Crippen LogP contribution in [-0.2, 0) is 12.7 Å². The van der Waals surface area contributed by atoms with Crippen LogP contribution in [0.3, 0.4) is 0 Å². The van der Waals surface area contributed by atoms with Crippen LogP contribution in [-0.4, -0.2) is 33.6 Å². The van der Waals surface area contributed by atoms with Crippen molar-refractivity contribution < 1.29 is 18.0 Å². The molecule has 1 aliphatic heterocycles. The second-order valence-corrected chi connectivity index (χ2v) is 7.84. The number of benzene rings is 2. The van der Waals surface area contributed by atoms with E-state index in [1.807, 2.05) is 0 Å². The molecule has 0 unspecified atom stereocenters. The van der Waals surface area contributed by atoms with Crippen LogP contribution >= 0.6 is 11.6 Å². The van der Waals surface area contributed by atoms with Crippen molar-refractivity contribution in [3.63, 3.8) is 0 Å². The first-order valence-corrected chi connectivity index (χ1v) is 10.0. The molecule has 2 amide bonds. The predicted molar refractivity (Wildman–Crippen MR) is 110 cm³/mol. The van der Waals surface area contributed by atoms with E-state index in [0.29, 0.717) is 47.7 Å². The number of rotatable bonds is 3. The van der Waals surface area contributed by atoms with E-state index in [9.17, 15) is 18.0 Å². The number of hydrogen-bond acceptors (Lipinski definition) is 2. The smallest absolute Gasteiger partial charge is 0.325 e. The van der Waals surface area contributed by atoms with Crippen molar-refractivity contribution in [3.8, 4) is 0 Å². The number of amides is 2. The Morgan fingerprint density at radius 3 is 2.57 bits per heavy atom. The highest BCUT2D eigenvalue weighted by Gasteiger charge is 2.38. The SMILES string of the molecule is O=C(Nc1cccc(Cl)c1)N1CCC(Cn2c(C(F)(F)F)nc3ccccc32)CC1. The van der Waals surface area contributed by atoms with E-state index in [1.165, 1.54) is 4.57 Å². The minimum absolute atomic E-state index is 0.0268. The van der Waals surface area contributed by atoms with Crippen LogP contribution < -0.4 is 5.32 Å². The van der Waals surface area contributed by atoms with Crippen molar-refractivity contribution in [3.05, 3.63) is 59.4 Å². The molecule has 0 aliphatic carbocycles. The topological polar surface area (TPSA) is 50.2 Å². The Balaban J connectivity index is 1.42. The molecule has 0 radical (unpaired) electrons. The number of fused-ring (bicyclic) bond motifs is 1. The summed E-state index contributed by atoms with van der Waals surface area (Å²) in [6.07, 6.45) is -3.28. The minimum atomic E-state index is -4.52. The first-order valence-electron chi connectivity index (χ1n) is 9.65. The van der Waals surface area contributed by atoms with E-state index in [0.717, 1.165) is 0 Å². The summed E-state index contributed by atoms with van der Waals surface area (Å²) in [6.45, 7) is 1.18. The molecular weight excluding hydrogens is 417 g/mol. The van der Waals surface area contributed by atoms with Gasteiger partial charge in [-0.1, -0.05) is 29.8 Å². The van der Waals surface area contributed by atoms with Crippen LogP contribution in [0.5, 0.6) is 0 Å². The van der Waals surface area contributed by atoms with Crippen LogP contribution in [0.4, 0.5) is 23.7 Å². The summed E-state index contributed by atoms with van der Waals surface area (Å²) < 4.78 is 41.7. The molecule has 0 spiro atoms. The zero-order valence-electron chi connectivity index (χ0n) is 16.0. The second-order valence-electron chi connectivity index (χ2n) is 7.40. The van der Waals surface area contributed by atoms with Gasteiger partial charge in [-0.15, -0.1) is 0 Å². The Kier molecular flexibility index (Phi) is 5.60. The van der Waals surface area contributed by atoms with Crippen LogP contribution in [0, 0.1) is 5.92 Å². The summed E-state index contributed by atoms with van der Waals surface area (Å²) in [7, 11) is 0. The van der Waals surface area contributed by atoms with Crippen molar-refractivity contribution in [1.29, 1.82) is 0 Å². The number of nitrogens with one attached hydrogen (secondary N) is 1. The van der Waals surface area contributed by atoms with Crippen LogP contribution in [0.1, 0.15) is 18.7 Å². The zero-order valence-corrected chi connectivity index (χ0v) is 16.7. The van der Waals surface area contributed by atoms with Crippen LogP contribution in [0.25, 0.3) is 11.0 Å². The second kappa shape index (κ2) is 8.18. The molecule has 1 fully saturated rings. The number of aromatic nitrogens is 2. The average Bonchev–Trinajstić information content (AvgIpc) is 3.08. The van der Waals surface area contributed by atoms with Gasteiger partial charge in [0.05, 0.1) is 11.0 Å². The maximum Gasteiger partial charge on any atom is 0.449 e. The van der Waals surface area contributed by atoms with Gasteiger partial charge in [-0.05, 0) is 49.1 Å². The lowest BCUT2D eigenvalue weighted by Crippen LogP contribution is -2.41. The third-order valence-corrected chi connectivity index (χ3v) is 5.56. The first kappa shape index (κ1) is 20.5. The first-order chi connectivity index (χ1) is 14.3. The number of nitrogens with zero attached hydrogens (tertiary/aromatic N) is 3. The van der Waals surface area contributed by atoms with E-state index in [2.05, 4.69) is 10.3 Å². The Hall–Kier alpha value is -2.74. The Morgan fingerprint density at radius 2 is 1.87 bits per heavy atom. The quantitative estimate of drug-likeness (QED) is 0.576. The molecule has 1 aromatic heterocycles. The van der Waals surface area contributed by atoms with Crippen molar-refractivity contribution in [2.75, 3.05) is 18.4 Å². The number of carbonyl (C=O) groups excluding carboxylic acids is 1. The van der Waals surface area contributed by atoms with Gasteiger partial charge in [0.1, 0.15) is 0 Å². The molecule has 3 aromatic rings. The van der Waals surface area contributed by atoms with E-state index in [-0.39, 0.29) is 18.5 Å². The number of anilines is 1. The summed E-state index contributed by atoms with van der Waals surface area (Å²) in [6, 6.07) is 13.3. The van der Waals surface area contributed by atoms with Gasteiger partial charge in [0, 0.05) is 30.3 Å². The van der Waals surface area contributed by atoms with E-state index >= 15 is 0 Å². The van der Waals surface area contributed by atoms with Gasteiger partial charge >= 0.3 is 12.2 Å². The number of carbonyl (C=O) groups is 1. The van der Waals surface area contributed by atoms with Crippen LogP contribution in [0.15, 0.2) is 48.5 Å². The molecule has 1 saturated heterocycles. The molecular formula is C21H20ClF3N4O. The molecule has 0 saturated carbocycles. The lowest BCUT2D eigenvalue weighted by Gasteiger charge is -2.32. The van der Waals surface area contributed by atoms with Crippen LogP contribution in [0.2, 0.25) is 5.02 Å². The summed E-state index contributed by atoms with van der Waals surface area (Å²) in [4.78, 5) is 17.9. The predicted octanol–water partition coefficient (Wildman–Crippen LogP) is 5.65. The maximum atomic E-state index is 13.5. The van der Waals surface area contributed by atoms with Crippen molar-refractivity contribution >= 4 is 34.4 Å². The van der Waals surface area contributed by atoms with Gasteiger partial charge in [-0.25, -0.2) is 9.78 Å². The molecule has 30 heavy (non-hydrogen) atoms. The fourth-order valence-electron chi connectivity index (χ4n) is 3.82. The molecule has 0 atom stereocenters. The number of urea groups is 1. The van der Waals surface area contributed by atoms with Gasteiger partial charge < -0.3 is 14.8 Å². The van der Waals surface area contributed by atoms with E-state index < -0.39 is 12.0 Å². The van der Waals surface area contributed by atoms with Crippen molar-refractivity contribution in [2.24, 2.45) is 5.92 Å². The Labute approximate surface area is 176 Å². The normalized spacial score (nSPS) is 15.5. The number of piperidine rings is 1. The van der Waals surface area contributed by atoms with E-state index in [4.69, 9.17) is 11.6 Å². The molecule has 4 rings (SSSR count). The lowest BCUT2D eigenvalue weighted by molar-refractivity contribution is -0.147. The van der Waals surface area contributed by atoms with Gasteiger partial charge in [-0.2, -0.15) is 13.2 Å². The summed E-state index contributed by atoms with van der Waals surface area (Å²) in [5.74, 6) is -0.844.